The van der Waals surface area contributed by atoms with Crippen molar-refractivity contribution in [3.8, 4) is 0 Å². The fourth-order valence-corrected chi connectivity index (χ4v) is 4.46. The molecule has 1 unspecified atom stereocenters. The van der Waals surface area contributed by atoms with Gasteiger partial charge in [-0.1, -0.05) is 0 Å². The van der Waals surface area contributed by atoms with E-state index in [0.29, 0.717) is 22.5 Å². The number of sulfone groups is 1. The molecule has 0 radical (unpaired) electrons. The lowest BCUT2D eigenvalue weighted by molar-refractivity contribution is 0.571. The monoisotopic (exact) mass is 335 g/mol. The normalized spacial score (nSPS) is 25.9. The number of hydrazine groups is 1. The number of rotatable bonds is 3. The Morgan fingerprint density at radius 3 is 2.67 bits per heavy atom. The number of nitrogen functional groups attached to an aromatic ring is 1. The first-order chi connectivity index (χ1) is 8.35. The van der Waals surface area contributed by atoms with E-state index in [2.05, 4.69) is 36.6 Å². The summed E-state index contributed by atoms with van der Waals surface area (Å²) >= 11 is 3.32. The van der Waals surface area contributed by atoms with Crippen LogP contribution in [-0.4, -0.2) is 35.4 Å². The summed E-state index contributed by atoms with van der Waals surface area (Å²) in [6, 6.07) is 0. The van der Waals surface area contributed by atoms with Gasteiger partial charge in [0.25, 0.3) is 0 Å². The summed E-state index contributed by atoms with van der Waals surface area (Å²) in [4.78, 5) is 8.01. The highest BCUT2D eigenvalue weighted by Crippen LogP contribution is 2.32. The number of hydrogen-bond acceptors (Lipinski definition) is 7. The van der Waals surface area contributed by atoms with Gasteiger partial charge in [0.15, 0.2) is 15.7 Å². The lowest BCUT2D eigenvalue weighted by Crippen LogP contribution is -2.36. The second-order valence-electron chi connectivity index (χ2n) is 4.56. The third-order valence-corrected chi connectivity index (χ3v) is 5.50. The summed E-state index contributed by atoms with van der Waals surface area (Å²) in [7, 11) is -2.96. The van der Waals surface area contributed by atoms with E-state index in [1.807, 2.05) is 6.92 Å². The molecule has 2 heterocycles. The summed E-state index contributed by atoms with van der Waals surface area (Å²) in [5, 5.41) is 3.14. The van der Waals surface area contributed by atoms with E-state index in [4.69, 9.17) is 5.84 Å². The van der Waals surface area contributed by atoms with Crippen LogP contribution < -0.4 is 16.6 Å². The Morgan fingerprint density at radius 1 is 1.44 bits per heavy atom. The van der Waals surface area contributed by atoms with Crippen molar-refractivity contribution in [2.45, 2.75) is 18.9 Å². The zero-order chi connectivity index (χ0) is 13.4. The average molecular weight is 336 g/mol. The first kappa shape index (κ1) is 13.5. The molecule has 9 heteroatoms. The molecule has 1 aliphatic heterocycles. The van der Waals surface area contributed by atoms with Gasteiger partial charge in [0.2, 0.25) is 0 Å². The highest BCUT2D eigenvalue weighted by Gasteiger charge is 2.39. The fraction of sp³-hybridized carbons (Fsp3) is 0.556. The van der Waals surface area contributed by atoms with E-state index >= 15 is 0 Å². The first-order valence-electron chi connectivity index (χ1n) is 5.31. The standard InChI is InChI=1S/C9H14BrN5O2S/c1-9(2-3-18(16,17)4-9)14-7-6(10)8(15-11)13-5-12-7/h5H,2-4,11H2,1H3,(H2,12,13,14,15). The van der Waals surface area contributed by atoms with Crippen LogP contribution in [0.2, 0.25) is 0 Å². The van der Waals surface area contributed by atoms with Crippen molar-refractivity contribution in [3.05, 3.63) is 10.8 Å². The summed E-state index contributed by atoms with van der Waals surface area (Å²) in [5.74, 6) is 6.57. The van der Waals surface area contributed by atoms with E-state index in [9.17, 15) is 8.42 Å². The molecule has 1 aromatic rings. The van der Waals surface area contributed by atoms with Gasteiger partial charge in [0.1, 0.15) is 16.6 Å². The molecule has 1 aromatic heterocycles. The highest BCUT2D eigenvalue weighted by atomic mass is 79.9. The molecular weight excluding hydrogens is 322 g/mol. The van der Waals surface area contributed by atoms with Crippen molar-refractivity contribution in [1.82, 2.24) is 9.97 Å². The van der Waals surface area contributed by atoms with E-state index in [0.717, 1.165) is 0 Å². The van der Waals surface area contributed by atoms with E-state index in [1.54, 1.807) is 0 Å². The zero-order valence-corrected chi connectivity index (χ0v) is 12.2. The Morgan fingerprint density at radius 2 is 2.11 bits per heavy atom. The predicted molar refractivity (Wildman–Crippen MR) is 72.8 cm³/mol. The zero-order valence-electron chi connectivity index (χ0n) is 9.77. The second kappa shape index (κ2) is 4.63. The minimum atomic E-state index is -2.96. The number of hydrogen-bond donors (Lipinski definition) is 3. The molecule has 0 spiro atoms. The highest BCUT2D eigenvalue weighted by molar-refractivity contribution is 9.10. The van der Waals surface area contributed by atoms with Crippen LogP contribution in [0.25, 0.3) is 0 Å². The van der Waals surface area contributed by atoms with Gasteiger partial charge in [-0.25, -0.2) is 24.2 Å². The molecule has 0 amide bonds. The Balaban J connectivity index is 2.25. The van der Waals surface area contributed by atoms with E-state index in [-0.39, 0.29) is 11.5 Å². The molecule has 1 atom stereocenters. The van der Waals surface area contributed by atoms with Crippen molar-refractivity contribution in [1.29, 1.82) is 0 Å². The summed E-state index contributed by atoms with van der Waals surface area (Å²) in [6.45, 7) is 1.86. The lowest BCUT2D eigenvalue weighted by atomic mass is 10.0. The van der Waals surface area contributed by atoms with Gasteiger partial charge in [-0.05, 0) is 29.3 Å². The van der Waals surface area contributed by atoms with Gasteiger partial charge < -0.3 is 10.7 Å². The molecule has 18 heavy (non-hydrogen) atoms. The van der Waals surface area contributed by atoms with Crippen molar-refractivity contribution in [2.75, 3.05) is 22.2 Å². The minimum absolute atomic E-state index is 0.0990. The van der Waals surface area contributed by atoms with Crippen molar-refractivity contribution >= 4 is 37.4 Å². The summed E-state index contributed by atoms with van der Waals surface area (Å²) < 4.78 is 23.6. The second-order valence-corrected chi connectivity index (χ2v) is 7.53. The maximum Gasteiger partial charge on any atom is 0.159 e. The number of nitrogens with one attached hydrogen (secondary N) is 2. The van der Waals surface area contributed by atoms with Crippen LogP contribution in [0.1, 0.15) is 13.3 Å². The van der Waals surface area contributed by atoms with Gasteiger partial charge in [-0.2, -0.15) is 0 Å². The van der Waals surface area contributed by atoms with Crippen molar-refractivity contribution in [3.63, 3.8) is 0 Å². The summed E-state index contributed by atoms with van der Waals surface area (Å²) in [6.07, 6.45) is 1.91. The number of anilines is 2. The molecule has 0 bridgehead atoms. The third kappa shape index (κ3) is 2.73. The van der Waals surface area contributed by atoms with Crippen LogP contribution in [0.15, 0.2) is 10.8 Å². The fourth-order valence-electron chi connectivity index (χ4n) is 1.95. The number of nitrogens with two attached hydrogens (primary N) is 1. The molecule has 0 aromatic carbocycles. The van der Waals surface area contributed by atoms with Gasteiger partial charge in [-0.3, -0.25) is 0 Å². The third-order valence-electron chi connectivity index (χ3n) is 2.85. The Hall–Kier alpha value is -0.930. The Kier molecular flexibility index (Phi) is 3.47. The van der Waals surface area contributed by atoms with Gasteiger partial charge in [-0.15, -0.1) is 0 Å². The van der Waals surface area contributed by atoms with E-state index < -0.39 is 15.4 Å². The average Bonchev–Trinajstić information content (AvgIpc) is 2.56. The molecule has 100 valence electrons. The minimum Gasteiger partial charge on any atom is -0.363 e. The Bertz CT molecular complexity index is 564. The van der Waals surface area contributed by atoms with Gasteiger partial charge >= 0.3 is 0 Å². The van der Waals surface area contributed by atoms with Crippen molar-refractivity contribution in [2.24, 2.45) is 5.84 Å². The molecule has 0 aliphatic carbocycles. The van der Waals surface area contributed by atoms with Gasteiger partial charge in [0.05, 0.1) is 17.0 Å². The molecule has 4 N–H and O–H groups in total. The van der Waals surface area contributed by atoms with Crippen LogP contribution in [-0.2, 0) is 9.84 Å². The Labute approximate surface area is 114 Å². The van der Waals surface area contributed by atoms with E-state index in [1.165, 1.54) is 6.33 Å². The molecule has 1 aliphatic rings. The first-order valence-corrected chi connectivity index (χ1v) is 7.92. The number of nitrogens with zero attached hydrogens (tertiary/aromatic N) is 2. The maximum atomic E-state index is 11.5. The molecule has 1 fully saturated rings. The topological polar surface area (TPSA) is 110 Å². The summed E-state index contributed by atoms with van der Waals surface area (Å²) in [5.41, 5.74) is 1.92. The smallest absolute Gasteiger partial charge is 0.159 e. The lowest BCUT2D eigenvalue weighted by Gasteiger charge is -2.25. The van der Waals surface area contributed by atoms with Crippen molar-refractivity contribution < 1.29 is 8.42 Å². The van der Waals surface area contributed by atoms with Crippen LogP contribution in [0.4, 0.5) is 11.6 Å². The van der Waals surface area contributed by atoms with Crippen LogP contribution >= 0.6 is 15.9 Å². The predicted octanol–water partition coefficient (Wildman–Crippen LogP) is 0.514. The molecular formula is C9H14BrN5O2S. The largest absolute Gasteiger partial charge is 0.363 e. The van der Waals surface area contributed by atoms with Gasteiger partial charge in [0, 0.05) is 0 Å². The molecule has 2 rings (SSSR count). The SMILES string of the molecule is CC1(Nc2ncnc(NN)c2Br)CCS(=O)(=O)C1. The van der Waals surface area contributed by atoms with Crippen LogP contribution in [0.3, 0.4) is 0 Å². The van der Waals surface area contributed by atoms with Crippen LogP contribution in [0.5, 0.6) is 0 Å². The molecule has 7 nitrogen and oxygen atoms in total. The number of aromatic nitrogens is 2. The number of halogens is 1. The quantitative estimate of drug-likeness (QED) is 0.545. The van der Waals surface area contributed by atoms with Crippen LogP contribution in [0, 0.1) is 0 Å². The molecule has 0 saturated carbocycles. The maximum absolute atomic E-state index is 11.5. The molecule has 1 saturated heterocycles.